The Morgan fingerprint density at radius 1 is 1.06 bits per heavy atom. The van der Waals surface area contributed by atoms with Crippen LogP contribution in [0.25, 0.3) is 0 Å². The van der Waals surface area contributed by atoms with E-state index in [0.29, 0.717) is 53.9 Å². The molecule has 8 heteroatoms. The number of nitrogens with zero attached hydrogens (tertiary/aromatic N) is 2. The summed E-state index contributed by atoms with van der Waals surface area (Å²) in [6, 6.07) is 22.8. The van der Waals surface area contributed by atoms with E-state index in [-0.39, 0.29) is 11.7 Å². The zero-order valence-electron chi connectivity index (χ0n) is 19.4. The number of amides is 1. The van der Waals surface area contributed by atoms with Crippen molar-refractivity contribution in [1.82, 2.24) is 4.90 Å². The molecule has 4 rings (SSSR count). The summed E-state index contributed by atoms with van der Waals surface area (Å²) in [7, 11) is -3.66. The van der Waals surface area contributed by atoms with Crippen molar-refractivity contribution in [2.24, 2.45) is 0 Å². The van der Waals surface area contributed by atoms with Gasteiger partial charge in [-0.2, -0.15) is 5.26 Å². The highest BCUT2D eigenvalue weighted by molar-refractivity contribution is 7.91. The van der Waals surface area contributed by atoms with Crippen molar-refractivity contribution in [3.05, 3.63) is 101 Å². The molecule has 0 radical (unpaired) electrons. The predicted octanol–water partition coefficient (Wildman–Crippen LogP) is 3.93. The molecule has 1 aliphatic heterocycles. The number of carbonyl (C=O) groups is 1. The summed E-state index contributed by atoms with van der Waals surface area (Å²) in [4.78, 5) is 14.9. The van der Waals surface area contributed by atoms with Gasteiger partial charge in [0.15, 0.2) is 0 Å². The summed E-state index contributed by atoms with van der Waals surface area (Å²) in [5.41, 5.74) is 2.35. The number of aliphatic hydroxyl groups is 1. The van der Waals surface area contributed by atoms with E-state index in [0.717, 1.165) is 5.56 Å². The van der Waals surface area contributed by atoms with Gasteiger partial charge in [0.05, 0.1) is 28.7 Å². The van der Waals surface area contributed by atoms with E-state index in [9.17, 15) is 18.3 Å². The molecule has 35 heavy (non-hydrogen) atoms. The summed E-state index contributed by atoms with van der Waals surface area (Å²) in [6.07, 6.45) is 0.736. The van der Waals surface area contributed by atoms with Crippen molar-refractivity contribution < 1.29 is 18.3 Å². The van der Waals surface area contributed by atoms with Gasteiger partial charge in [-0.25, -0.2) is 8.42 Å². The molecule has 3 aromatic carbocycles. The lowest BCUT2D eigenvalue weighted by Crippen LogP contribution is -2.45. The average molecular weight is 490 g/mol. The van der Waals surface area contributed by atoms with Gasteiger partial charge in [0, 0.05) is 18.7 Å². The van der Waals surface area contributed by atoms with E-state index in [1.54, 1.807) is 78.6 Å². The highest BCUT2D eigenvalue weighted by Gasteiger charge is 2.35. The predicted molar refractivity (Wildman–Crippen MR) is 134 cm³/mol. The maximum atomic E-state index is 13.2. The number of anilines is 1. The Balaban J connectivity index is 1.45. The fourth-order valence-electron chi connectivity index (χ4n) is 4.27. The third-order valence-electron chi connectivity index (χ3n) is 6.38. The number of piperidine rings is 1. The third kappa shape index (κ3) is 5.70. The van der Waals surface area contributed by atoms with E-state index in [1.807, 2.05) is 6.07 Å². The van der Waals surface area contributed by atoms with Crippen molar-refractivity contribution in [2.75, 3.05) is 17.8 Å². The summed E-state index contributed by atoms with van der Waals surface area (Å²) in [5, 5.41) is 20.1. The number of hydrogen-bond acceptors (Lipinski definition) is 5. The SMILES string of the molecule is Cc1ccc(C(=O)N2CCC(O)(c3ccc(C#N)cc3)CC2)cc1NS(=O)(=O)Cc1ccccc1. The third-order valence-corrected chi connectivity index (χ3v) is 7.62. The molecular weight excluding hydrogens is 462 g/mol. The number of aryl methyl sites for hydroxylation is 1. The standard InChI is InChI=1S/C27H27N3O4S/c1-20-7-10-23(17-25(20)29-35(33,34)19-22-5-3-2-4-6-22)26(31)30-15-13-27(32,14-16-30)24-11-8-21(18-28)9-12-24/h2-12,17,29,32H,13-16,19H2,1H3. The maximum Gasteiger partial charge on any atom is 0.253 e. The van der Waals surface area contributed by atoms with Gasteiger partial charge in [0.1, 0.15) is 0 Å². The number of carbonyl (C=O) groups excluding carboxylic acids is 1. The molecule has 1 fully saturated rings. The van der Waals surface area contributed by atoms with Gasteiger partial charge in [-0.3, -0.25) is 9.52 Å². The minimum atomic E-state index is -3.66. The molecule has 180 valence electrons. The second kappa shape index (κ2) is 9.90. The molecule has 1 heterocycles. The van der Waals surface area contributed by atoms with Crippen LogP contribution in [-0.4, -0.2) is 37.4 Å². The molecule has 0 aromatic heterocycles. The monoisotopic (exact) mass is 489 g/mol. The van der Waals surface area contributed by atoms with Crippen LogP contribution in [0.5, 0.6) is 0 Å². The summed E-state index contributed by atoms with van der Waals surface area (Å²) in [5.74, 6) is -0.374. The summed E-state index contributed by atoms with van der Waals surface area (Å²) < 4.78 is 28.0. The van der Waals surface area contributed by atoms with Crippen LogP contribution < -0.4 is 4.72 Å². The smallest absolute Gasteiger partial charge is 0.253 e. The van der Waals surface area contributed by atoms with Crippen LogP contribution in [0.2, 0.25) is 0 Å². The Morgan fingerprint density at radius 2 is 1.71 bits per heavy atom. The van der Waals surface area contributed by atoms with Crippen LogP contribution in [0.1, 0.15) is 45.5 Å². The first-order valence-corrected chi connectivity index (χ1v) is 13.0. The Morgan fingerprint density at radius 3 is 2.34 bits per heavy atom. The summed E-state index contributed by atoms with van der Waals surface area (Å²) >= 11 is 0. The van der Waals surface area contributed by atoms with Crippen molar-refractivity contribution in [3.63, 3.8) is 0 Å². The number of rotatable bonds is 6. The highest BCUT2D eigenvalue weighted by Crippen LogP contribution is 2.33. The average Bonchev–Trinajstić information content (AvgIpc) is 2.85. The van der Waals surface area contributed by atoms with E-state index < -0.39 is 15.6 Å². The highest BCUT2D eigenvalue weighted by atomic mass is 32.2. The number of nitriles is 1. The van der Waals surface area contributed by atoms with Crippen molar-refractivity contribution >= 4 is 21.6 Å². The largest absolute Gasteiger partial charge is 0.385 e. The maximum absolute atomic E-state index is 13.2. The van der Waals surface area contributed by atoms with Gasteiger partial charge in [0.25, 0.3) is 5.91 Å². The zero-order valence-corrected chi connectivity index (χ0v) is 20.3. The Bertz CT molecular complexity index is 1360. The Kier molecular flexibility index (Phi) is 6.92. The summed E-state index contributed by atoms with van der Waals surface area (Å²) in [6.45, 7) is 2.50. The van der Waals surface area contributed by atoms with Gasteiger partial charge in [-0.15, -0.1) is 0 Å². The van der Waals surface area contributed by atoms with E-state index in [4.69, 9.17) is 5.26 Å². The lowest BCUT2D eigenvalue weighted by atomic mass is 9.84. The van der Waals surface area contributed by atoms with Gasteiger partial charge in [-0.1, -0.05) is 48.5 Å². The van der Waals surface area contributed by atoms with Crippen molar-refractivity contribution in [2.45, 2.75) is 31.1 Å². The first kappa shape index (κ1) is 24.5. The van der Waals surface area contributed by atoms with Crippen LogP contribution in [-0.2, 0) is 21.4 Å². The van der Waals surface area contributed by atoms with E-state index in [1.165, 1.54) is 0 Å². The fraction of sp³-hybridized carbons (Fsp3) is 0.259. The number of likely N-dealkylation sites (tertiary alicyclic amines) is 1. The molecule has 1 amide bonds. The first-order valence-electron chi connectivity index (χ1n) is 11.4. The van der Waals surface area contributed by atoms with Crippen LogP contribution >= 0.6 is 0 Å². The molecule has 7 nitrogen and oxygen atoms in total. The van der Waals surface area contributed by atoms with Gasteiger partial charge < -0.3 is 10.0 Å². The number of nitrogens with one attached hydrogen (secondary N) is 1. The second-order valence-electron chi connectivity index (χ2n) is 8.89. The molecule has 0 spiro atoms. The molecule has 0 saturated carbocycles. The van der Waals surface area contributed by atoms with Gasteiger partial charge in [0.2, 0.25) is 10.0 Å². The molecule has 0 bridgehead atoms. The lowest BCUT2D eigenvalue weighted by molar-refractivity contribution is -0.0211. The Hall–Kier alpha value is -3.67. The molecule has 3 aromatic rings. The van der Waals surface area contributed by atoms with Crippen LogP contribution in [0.4, 0.5) is 5.69 Å². The topological polar surface area (TPSA) is 110 Å². The van der Waals surface area contributed by atoms with Crippen molar-refractivity contribution in [3.8, 4) is 6.07 Å². The molecule has 0 atom stereocenters. The minimum Gasteiger partial charge on any atom is -0.385 e. The van der Waals surface area contributed by atoms with Crippen LogP contribution in [0.15, 0.2) is 72.8 Å². The van der Waals surface area contributed by atoms with Crippen LogP contribution in [0.3, 0.4) is 0 Å². The lowest BCUT2D eigenvalue weighted by Gasteiger charge is -2.38. The quantitative estimate of drug-likeness (QED) is 0.545. The Labute approximate surface area is 205 Å². The fourth-order valence-corrected chi connectivity index (χ4v) is 5.53. The number of sulfonamides is 1. The normalized spacial score (nSPS) is 15.3. The molecular formula is C27H27N3O4S. The van der Waals surface area contributed by atoms with Gasteiger partial charge >= 0.3 is 0 Å². The molecule has 1 saturated heterocycles. The van der Waals surface area contributed by atoms with E-state index in [2.05, 4.69) is 10.8 Å². The molecule has 0 unspecified atom stereocenters. The van der Waals surface area contributed by atoms with E-state index >= 15 is 0 Å². The number of benzene rings is 3. The van der Waals surface area contributed by atoms with Crippen LogP contribution in [0, 0.1) is 18.3 Å². The second-order valence-corrected chi connectivity index (χ2v) is 10.6. The zero-order chi connectivity index (χ0) is 25.1. The molecule has 1 aliphatic rings. The minimum absolute atomic E-state index is 0.161. The van der Waals surface area contributed by atoms with Gasteiger partial charge in [-0.05, 0) is 60.7 Å². The first-order chi connectivity index (χ1) is 16.7. The number of hydrogen-bond donors (Lipinski definition) is 2. The molecule has 2 N–H and O–H groups in total. The molecule has 0 aliphatic carbocycles. The van der Waals surface area contributed by atoms with Crippen molar-refractivity contribution in [1.29, 1.82) is 5.26 Å².